The molecule has 1 saturated carbocycles. The largest absolute Gasteiger partial charge is 0.434 e. The van der Waals surface area contributed by atoms with Gasteiger partial charge in [-0.15, -0.1) is 5.10 Å². The fourth-order valence-electron chi connectivity index (χ4n) is 1.79. The second kappa shape index (κ2) is 3.18. The van der Waals surface area contributed by atoms with Gasteiger partial charge in [-0.3, -0.25) is 0 Å². The van der Waals surface area contributed by atoms with Crippen LogP contribution in [0.4, 0.5) is 8.78 Å². The first kappa shape index (κ1) is 9.36. The van der Waals surface area contributed by atoms with Gasteiger partial charge in [0.25, 0.3) is 5.92 Å². The minimum Gasteiger partial charge on any atom is -0.392 e. The van der Waals surface area contributed by atoms with Crippen LogP contribution in [0.3, 0.4) is 0 Å². The summed E-state index contributed by atoms with van der Waals surface area (Å²) in [7, 11) is 0. The molecule has 4 nitrogen and oxygen atoms in total. The Morgan fingerprint density at radius 3 is 2.86 bits per heavy atom. The minimum atomic E-state index is -2.80. The molecule has 1 aliphatic rings. The van der Waals surface area contributed by atoms with Crippen LogP contribution in [0.5, 0.6) is 0 Å². The van der Waals surface area contributed by atoms with E-state index in [4.69, 9.17) is 0 Å². The average Bonchev–Trinajstić information content (AvgIpc) is 2.51. The Hall–Kier alpha value is -1.20. The quantitative estimate of drug-likeness (QED) is 0.756. The highest BCUT2D eigenvalue weighted by Gasteiger charge is 2.45. The first-order valence-corrected chi connectivity index (χ1v) is 4.53. The number of aromatic amines is 1. The Morgan fingerprint density at radius 1 is 1.50 bits per heavy atom. The van der Waals surface area contributed by atoms with Crippen molar-refractivity contribution in [1.82, 2.24) is 10.2 Å². The lowest BCUT2D eigenvalue weighted by Crippen LogP contribution is -2.30. The van der Waals surface area contributed by atoms with Crippen LogP contribution in [0.15, 0.2) is 9.21 Å². The van der Waals surface area contributed by atoms with Crippen molar-refractivity contribution in [3.63, 3.8) is 0 Å². The molecule has 0 aliphatic heterocycles. The van der Waals surface area contributed by atoms with Gasteiger partial charge in [0.05, 0.1) is 0 Å². The second-order valence-electron chi connectivity index (χ2n) is 3.51. The normalized spacial score (nSPS) is 26.3. The number of rotatable bonds is 1. The third-order valence-electron chi connectivity index (χ3n) is 2.52. The van der Waals surface area contributed by atoms with E-state index < -0.39 is 17.6 Å². The number of halogens is 2. The molecule has 0 radical (unpaired) electrons. The molecule has 14 heavy (non-hydrogen) atoms. The van der Waals surface area contributed by atoms with E-state index in [1.54, 1.807) is 0 Å². The Kier molecular flexibility index (Phi) is 2.13. The van der Waals surface area contributed by atoms with E-state index in [1.165, 1.54) is 0 Å². The molecule has 0 amide bonds. The maximum atomic E-state index is 13.3. The first-order chi connectivity index (χ1) is 6.59. The van der Waals surface area contributed by atoms with Gasteiger partial charge in [-0.1, -0.05) is 6.42 Å². The highest BCUT2D eigenvalue weighted by molar-refractivity contribution is 4.99. The van der Waals surface area contributed by atoms with Crippen LogP contribution in [-0.4, -0.2) is 16.1 Å². The molecular formula is C8H10F2N2O2. The summed E-state index contributed by atoms with van der Waals surface area (Å²) >= 11 is 0. The molecule has 0 aromatic carbocycles. The van der Waals surface area contributed by atoms with Gasteiger partial charge in [0.1, 0.15) is 5.92 Å². The molecule has 1 N–H and O–H groups in total. The molecular weight excluding hydrogens is 194 g/mol. The Morgan fingerprint density at radius 2 is 2.29 bits per heavy atom. The van der Waals surface area contributed by atoms with Crippen molar-refractivity contribution >= 4 is 0 Å². The number of nitrogens with one attached hydrogen (secondary N) is 1. The van der Waals surface area contributed by atoms with Crippen molar-refractivity contribution in [3.8, 4) is 0 Å². The van der Waals surface area contributed by atoms with Gasteiger partial charge in [-0.05, 0) is 12.8 Å². The fraction of sp³-hybridized carbons (Fsp3) is 0.750. The number of hydrogen-bond acceptors (Lipinski definition) is 3. The van der Waals surface area contributed by atoms with Gasteiger partial charge in [0.2, 0.25) is 5.89 Å². The number of aromatic nitrogens is 2. The molecule has 1 aromatic heterocycles. The average molecular weight is 204 g/mol. The van der Waals surface area contributed by atoms with Gasteiger partial charge < -0.3 is 4.42 Å². The molecule has 0 spiro atoms. The first-order valence-electron chi connectivity index (χ1n) is 4.53. The summed E-state index contributed by atoms with van der Waals surface area (Å²) < 4.78 is 31.3. The van der Waals surface area contributed by atoms with E-state index in [-0.39, 0.29) is 12.3 Å². The molecule has 1 unspecified atom stereocenters. The summed E-state index contributed by atoms with van der Waals surface area (Å²) in [6, 6.07) is 0. The predicted molar refractivity (Wildman–Crippen MR) is 43.3 cm³/mol. The third-order valence-corrected chi connectivity index (χ3v) is 2.52. The summed E-state index contributed by atoms with van der Waals surface area (Å²) in [6.07, 6.45) is 1.39. The summed E-state index contributed by atoms with van der Waals surface area (Å²) in [5, 5.41) is 5.45. The maximum absolute atomic E-state index is 13.3. The van der Waals surface area contributed by atoms with E-state index in [0.717, 1.165) is 6.42 Å². The van der Waals surface area contributed by atoms with E-state index in [0.29, 0.717) is 12.8 Å². The lowest BCUT2D eigenvalue weighted by atomic mass is 9.85. The maximum Gasteiger partial charge on any atom is 0.434 e. The van der Waals surface area contributed by atoms with Gasteiger partial charge in [-0.25, -0.2) is 18.7 Å². The zero-order valence-corrected chi connectivity index (χ0v) is 7.43. The monoisotopic (exact) mass is 204 g/mol. The van der Waals surface area contributed by atoms with Crippen molar-refractivity contribution < 1.29 is 13.2 Å². The highest BCUT2D eigenvalue weighted by Crippen LogP contribution is 2.43. The van der Waals surface area contributed by atoms with Gasteiger partial charge in [0.15, 0.2) is 0 Å². The minimum absolute atomic E-state index is 0.158. The summed E-state index contributed by atoms with van der Waals surface area (Å²) in [4.78, 5) is 10.6. The standard InChI is InChI=1S/C8H10F2N2O2/c9-8(10)4-2-1-3-5(8)6-11-12-7(13)14-6/h5H,1-4H2,(H,12,13). The smallest absolute Gasteiger partial charge is 0.392 e. The third kappa shape index (κ3) is 1.56. The Balaban J connectivity index is 2.28. The SMILES string of the molecule is O=c1[nH]nc(C2CCCCC2(F)F)o1. The second-order valence-corrected chi connectivity index (χ2v) is 3.51. The topological polar surface area (TPSA) is 58.9 Å². The Labute approximate surface area is 78.3 Å². The molecule has 78 valence electrons. The van der Waals surface area contributed by atoms with Crippen molar-refractivity contribution in [2.75, 3.05) is 0 Å². The van der Waals surface area contributed by atoms with Crippen molar-refractivity contribution in [1.29, 1.82) is 0 Å². The molecule has 2 rings (SSSR count). The van der Waals surface area contributed by atoms with Gasteiger partial charge in [-0.2, -0.15) is 0 Å². The van der Waals surface area contributed by atoms with E-state index in [9.17, 15) is 13.6 Å². The molecule has 0 bridgehead atoms. The fourth-order valence-corrected chi connectivity index (χ4v) is 1.79. The molecule has 1 heterocycles. The molecule has 1 atom stereocenters. The summed E-state index contributed by atoms with van der Waals surface area (Å²) in [6.45, 7) is 0. The van der Waals surface area contributed by atoms with Crippen LogP contribution in [0, 0.1) is 0 Å². The van der Waals surface area contributed by atoms with E-state index in [1.807, 2.05) is 5.10 Å². The van der Waals surface area contributed by atoms with Crippen LogP contribution in [0.2, 0.25) is 0 Å². The van der Waals surface area contributed by atoms with Crippen LogP contribution < -0.4 is 5.76 Å². The van der Waals surface area contributed by atoms with E-state index >= 15 is 0 Å². The molecule has 6 heteroatoms. The molecule has 1 fully saturated rings. The van der Waals surface area contributed by atoms with Gasteiger partial charge >= 0.3 is 5.76 Å². The zero-order valence-electron chi connectivity index (χ0n) is 7.43. The number of hydrogen-bond donors (Lipinski definition) is 1. The lowest BCUT2D eigenvalue weighted by Gasteiger charge is -2.28. The predicted octanol–water partition coefficient (Wildman–Crippen LogP) is 1.66. The highest BCUT2D eigenvalue weighted by atomic mass is 19.3. The van der Waals surface area contributed by atoms with Crippen molar-refractivity contribution in [2.45, 2.75) is 37.5 Å². The Bertz CT molecular complexity index is 371. The van der Waals surface area contributed by atoms with E-state index in [2.05, 4.69) is 9.52 Å². The van der Waals surface area contributed by atoms with Crippen LogP contribution >= 0.6 is 0 Å². The van der Waals surface area contributed by atoms with Gasteiger partial charge in [0, 0.05) is 6.42 Å². The van der Waals surface area contributed by atoms with Crippen molar-refractivity contribution in [2.24, 2.45) is 0 Å². The van der Waals surface area contributed by atoms with Crippen LogP contribution in [-0.2, 0) is 0 Å². The zero-order chi connectivity index (χ0) is 10.2. The number of nitrogens with zero attached hydrogens (tertiary/aromatic N) is 1. The molecule has 1 aliphatic carbocycles. The summed E-state index contributed by atoms with van der Waals surface area (Å²) in [5.74, 6) is -4.79. The molecule has 0 saturated heterocycles. The van der Waals surface area contributed by atoms with Crippen LogP contribution in [0.1, 0.15) is 37.5 Å². The van der Waals surface area contributed by atoms with Crippen LogP contribution in [0.25, 0.3) is 0 Å². The molecule has 1 aromatic rings. The summed E-state index contributed by atoms with van der Waals surface area (Å²) in [5.41, 5.74) is 0. The number of alkyl halides is 2. The van der Waals surface area contributed by atoms with Crippen molar-refractivity contribution in [3.05, 3.63) is 16.4 Å². The lowest BCUT2D eigenvalue weighted by molar-refractivity contribution is -0.0620. The number of H-pyrrole nitrogens is 1.